The van der Waals surface area contributed by atoms with Gasteiger partial charge in [-0.25, -0.2) is 8.78 Å². The van der Waals surface area contributed by atoms with Crippen LogP contribution in [0.25, 0.3) is 11.3 Å². The number of likely N-dealkylation sites (tertiary alicyclic amines) is 1. The number of carbonyl (C=O) groups is 1. The van der Waals surface area contributed by atoms with Crippen LogP contribution in [-0.2, 0) is 6.42 Å². The van der Waals surface area contributed by atoms with Gasteiger partial charge in [0, 0.05) is 25.5 Å². The minimum atomic E-state index is -0.840. The van der Waals surface area contributed by atoms with Crippen LogP contribution < -0.4 is 0 Å². The van der Waals surface area contributed by atoms with Crippen molar-refractivity contribution < 1.29 is 18.1 Å². The summed E-state index contributed by atoms with van der Waals surface area (Å²) in [5, 5.41) is 3.98. The molecular formula is C21H20F2N4O2. The zero-order chi connectivity index (χ0) is 20.5. The number of rotatable bonds is 4. The zero-order valence-electron chi connectivity index (χ0n) is 16.2. The van der Waals surface area contributed by atoms with Gasteiger partial charge in [0.15, 0.2) is 0 Å². The maximum atomic E-state index is 14.0. The first-order valence-electron chi connectivity index (χ1n) is 9.42. The molecule has 1 aliphatic rings. The lowest BCUT2D eigenvalue weighted by molar-refractivity contribution is 0.0777. The summed E-state index contributed by atoms with van der Waals surface area (Å²) >= 11 is 0. The lowest BCUT2D eigenvalue weighted by Crippen LogP contribution is -2.30. The van der Waals surface area contributed by atoms with Crippen LogP contribution in [0.2, 0.25) is 0 Å². The summed E-state index contributed by atoms with van der Waals surface area (Å²) in [6, 6.07) is 3.44. The third-order valence-electron chi connectivity index (χ3n) is 5.28. The molecule has 0 N–H and O–H groups in total. The zero-order valence-corrected chi connectivity index (χ0v) is 16.2. The molecule has 1 saturated heterocycles. The van der Waals surface area contributed by atoms with E-state index in [4.69, 9.17) is 4.52 Å². The maximum absolute atomic E-state index is 14.0. The molecule has 3 aromatic rings. The topological polar surface area (TPSA) is 72.1 Å². The molecule has 0 bridgehead atoms. The molecule has 0 unspecified atom stereocenters. The van der Waals surface area contributed by atoms with Gasteiger partial charge in [-0.2, -0.15) is 0 Å². The highest BCUT2D eigenvalue weighted by atomic mass is 19.1. The molecule has 1 fully saturated rings. The average Bonchev–Trinajstić information content (AvgIpc) is 3.29. The normalized spacial score (nSPS) is 16.4. The van der Waals surface area contributed by atoms with E-state index in [1.165, 1.54) is 11.0 Å². The summed E-state index contributed by atoms with van der Waals surface area (Å²) in [7, 11) is 0. The molecule has 6 nitrogen and oxygen atoms in total. The highest BCUT2D eigenvalue weighted by Gasteiger charge is 2.31. The molecule has 150 valence electrons. The van der Waals surface area contributed by atoms with Gasteiger partial charge in [-0.3, -0.25) is 14.8 Å². The van der Waals surface area contributed by atoms with E-state index in [-0.39, 0.29) is 5.92 Å². The largest absolute Gasteiger partial charge is 0.361 e. The van der Waals surface area contributed by atoms with Crippen LogP contribution >= 0.6 is 0 Å². The molecule has 2 aromatic heterocycles. The maximum Gasteiger partial charge on any atom is 0.259 e. The number of nitrogens with zero attached hydrogens (tertiary/aromatic N) is 4. The molecule has 0 aliphatic carbocycles. The molecule has 0 saturated carbocycles. The standard InChI is InChI=1S/C21H20F2N4O2/c1-12-18(13(2)29-26-12)20-17(24-7-8-25-20)10-14-6-9-27(11-14)21(28)19-15(22)4-3-5-16(19)23/h3-5,7-8,14H,6,9-11H2,1-2H3/t14-/m1/s1. The van der Waals surface area contributed by atoms with Crippen molar-refractivity contribution in [1.29, 1.82) is 0 Å². The van der Waals surface area contributed by atoms with E-state index in [0.29, 0.717) is 31.0 Å². The first kappa shape index (κ1) is 19.2. The first-order chi connectivity index (χ1) is 14.0. The fourth-order valence-electron chi connectivity index (χ4n) is 3.86. The molecule has 4 rings (SSSR count). The number of hydrogen-bond donors (Lipinski definition) is 0. The Bertz CT molecular complexity index is 1030. The number of hydrogen-bond acceptors (Lipinski definition) is 5. The Hall–Kier alpha value is -3.16. The lowest BCUT2D eigenvalue weighted by Gasteiger charge is -2.17. The number of aryl methyl sites for hydroxylation is 2. The molecule has 0 radical (unpaired) electrons. The number of aromatic nitrogens is 3. The highest BCUT2D eigenvalue weighted by molar-refractivity contribution is 5.95. The van der Waals surface area contributed by atoms with Crippen molar-refractivity contribution in [1.82, 2.24) is 20.0 Å². The predicted molar refractivity (Wildman–Crippen MR) is 101 cm³/mol. The highest BCUT2D eigenvalue weighted by Crippen LogP contribution is 2.30. The van der Waals surface area contributed by atoms with Gasteiger partial charge in [-0.1, -0.05) is 11.2 Å². The van der Waals surface area contributed by atoms with Crippen LogP contribution in [0, 0.1) is 31.4 Å². The van der Waals surface area contributed by atoms with Gasteiger partial charge in [0.1, 0.15) is 23.0 Å². The second-order valence-electron chi connectivity index (χ2n) is 7.26. The number of benzene rings is 1. The van der Waals surface area contributed by atoms with Gasteiger partial charge in [0.05, 0.1) is 22.6 Å². The van der Waals surface area contributed by atoms with E-state index >= 15 is 0 Å². The monoisotopic (exact) mass is 398 g/mol. The van der Waals surface area contributed by atoms with Crippen molar-refractivity contribution in [3.8, 4) is 11.3 Å². The predicted octanol–water partition coefficient (Wildman–Crippen LogP) is 3.73. The van der Waals surface area contributed by atoms with Gasteiger partial charge < -0.3 is 9.42 Å². The molecule has 29 heavy (non-hydrogen) atoms. The summed E-state index contributed by atoms with van der Waals surface area (Å²) in [4.78, 5) is 23.1. The summed E-state index contributed by atoms with van der Waals surface area (Å²) in [5.74, 6) is -1.51. The molecule has 1 amide bonds. The van der Waals surface area contributed by atoms with Gasteiger partial charge >= 0.3 is 0 Å². The Balaban J connectivity index is 1.53. The first-order valence-corrected chi connectivity index (χ1v) is 9.42. The Morgan fingerprint density at radius 1 is 1.21 bits per heavy atom. The van der Waals surface area contributed by atoms with Gasteiger partial charge in [0.25, 0.3) is 5.91 Å². The Kier molecular flexibility index (Phi) is 5.08. The van der Waals surface area contributed by atoms with E-state index in [1.54, 1.807) is 12.4 Å². The number of halogens is 2. The Labute approximate surface area is 166 Å². The van der Waals surface area contributed by atoms with Crippen LogP contribution in [-0.4, -0.2) is 39.0 Å². The third-order valence-corrected chi connectivity index (χ3v) is 5.28. The Morgan fingerprint density at radius 2 is 1.93 bits per heavy atom. The van der Waals surface area contributed by atoms with Gasteiger partial charge in [-0.15, -0.1) is 0 Å². The van der Waals surface area contributed by atoms with Crippen molar-refractivity contribution >= 4 is 5.91 Å². The third kappa shape index (κ3) is 3.62. The minimum absolute atomic E-state index is 0.115. The summed E-state index contributed by atoms with van der Waals surface area (Å²) in [5.41, 5.74) is 2.57. The number of amides is 1. The molecule has 1 atom stereocenters. The van der Waals surface area contributed by atoms with E-state index < -0.39 is 23.1 Å². The van der Waals surface area contributed by atoms with E-state index in [0.717, 1.165) is 35.5 Å². The molecular weight excluding hydrogens is 378 g/mol. The average molecular weight is 398 g/mol. The second kappa shape index (κ2) is 7.69. The second-order valence-corrected chi connectivity index (χ2v) is 7.26. The van der Waals surface area contributed by atoms with E-state index in [9.17, 15) is 13.6 Å². The van der Waals surface area contributed by atoms with E-state index in [1.807, 2.05) is 13.8 Å². The molecule has 0 spiro atoms. The van der Waals surface area contributed by atoms with Crippen molar-refractivity contribution in [2.24, 2.45) is 5.92 Å². The van der Waals surface area contributed by atoms with Crippen molar-refractivity contribution in [3.05, 3.63) is 64.9 Å². The smallest absolute Gasteiger partial charge is 0.259 e. The van der Waals surface area contributed by atoms with Crippen LogP contribution in [0.5, 0.6) is 0 Å². The SMILES string of the molecule is Cc1noc(C)c1-c1nccnc1C[C@H]1CCN(C(=O)c2c(F)cccc2F)C1. The van der Waals surface area contributed by atoms with E-state index in [2.05, 4.69) is 15.1 Å². The summed E-state index contributed by atoms with van der Waals surface area (Å²) in [6.45, 7) is 4.53. The fourth-order valence-corrected chi connectivity index (χ4v) is 3.86. The van der Waals surface area contributed by atoms with Crippen molar-refractivity contribution in [2.75, 3.05) is 13.1 Å². The van der Waals surface area contributed by atoms with Gasteiger partial charge in [-0.05, 0) is 44.7 Å². The molecule has 1 aromatic carbocycles. The summed E-state index contributed by atoms with van der Waals surface area (Å²) in [6.07, 6.45) is 4.57. The van der Waals surface area contributed by atoms with Crippen LogP contribution in [0.15, 0.2) is 35.1 Å². The number of carbonyl (C=O) groups excluding carboxylic acids is 1. The molecule has 8 heteroatoms. The fraction of sp³-hybridized carbons (Fsp3) is 0.333. The van der Waals surface area contributed by atoms with Crippen molar-refractivity contribution in [3.63, 3.8) is 0 Å². The Morgan fingerprint density at radius 3 is 2.62 bits per heavy atom. The lowest BCUT2D eigenvalue weighted by atomic mass is 9.98. The van der Waals surface area contributed by atoms with Crippen LogP contribution in [0.4, 0.5) is 8.78 Å². The van der Waals surface area contributed by atoms with Crippen molar-refractivity contribution in [2.45, 2.75) is 26.7 Å². The van der Waals surface area contributed by atoms with Crippen LogP contribution in [0.3, 0.4) is 0 Å². The quantitative estimate of drug-likeness (QED) is 0.670. The minimum Gasteiger partial charge on any atom is -0.361 e. The van der Waals surface area contributed by atoms with Gasteiger partial charge in [0.2, 0.25) is 0 Å². The summed E-state index contributed by atoms with van der Waals surface area (Å²) < 4.78 is 33.2. The molecule has 3 heterocycles. The van der Waals surface area contributed by atoms with Crippen LogP contribution in [0.1, 0.15) is 33.9 Å². The molecule has 1 aliphatic heterocycles.